The number of pyridine rings is 1. The lowest BCUT2D eigenvalue weighted by Gasteiger charge is -2.12. The third kappa shape index (κ3) is 2.34. The first-order valence-electron chi connectivity index (χ1n) is 6.22. The highest BCUT2D eigenvalue weighted by Crippen LogP contribution is 2.35. The second-order valence-electron chi connectivity index (χ2n) is 4.57. The topological polar surface area (TPSA) is 48.1 Å². The van der Waals surface area contributed by atoms with Gasteiger partial charge in [-0.2, -0.15) is 0 Å². The Kier molecular flexibility index (Phi) is 3.32. The number of hydrogen-bond donors (Lipinski definition) is 1. The molecular formula is C16H13BrN2O. The number of halogens is 1. The van der Waals surface area contributed by atoms with Crippen LogP contribution in [0.1, 0.15) is 5.56 Å². The fourth-order valence-electron chi connectivity index (χ4n) is 2.04. The third-order valence-electron chi connectivity index (χ3n) is 3.10. The Hall–Kier alpha value is -2.07. The van der Waals surface area contributed by atoms with Crippen molar-refractivity contribution in [2.75, 3.05) is 5.73 Å². The molecule has 20 heavy (non-hydrogen) atoms. The highest BCUT2D eigenvalue weighted by atomic mass is 79.9. The van der Waals surface area contributed by atoms with Gasteiger partial charge in [-0.3, -0.25) is 4.98 Å². The summed E-state index contributed by atoms with van der Waals surface area (Å²) in [5.41, 5.74) is 8.51. The molecule has 0 spiro atoms. The van der Waals surface area contributed by atoms with Gasteiger partial charge in [0.15, 0.2) is 5.75 Å². The first-order chi connectivity index (χ1) is 9.65. The lowest BCUT2D eigenvalue weighted by Crippen LogP contribution is -1.95. The maximum Gasteiger partial charge on any atom is 0.161 e. The summed E-state index contributed by atoms with van der Waals surface area (Å²) in [4.78, 5) is 4.30. The molecule has 0 atom stereocenters. The smallest absolute Gasteiger partial charge is 0.161 e. The molecule has 0 aliphatic carbocycles. The standard InChI is InChI=1S/C16H13BrN2O/c1-10-8-11(6-7-13(10)17)20-16-12-4-2-3-5-15(12)19-9-14(16)18/h2-9H,18H2,1H3. The third-order valence-corrected chi connectivity index (χ3v) is 3.99. The van der Waals surface area contributed by atoms with Gasteiger partial charge in [-0.05, 0) is 42.8 Å². The van der Waals surface area contributed by atoms with E-state index >= 15 is 0 Å². The number of nitrogen functional groups attached to an aromatic ring is 1. The van der Waals surface area contributed by atoms with Crippen LogP contribution in [0.5, 0.6) is 11.5 Å². The second-order valence-corrected chi connectivity index (χ2v) is 5.43. The van der Waals surface area contributed by atoms with Gasteiger partial charge in [0.25, 0.3) is 0 Å². The van der Waals surface area contributed by atoms with Crippen molar-refractivity contribution in [3.05, 3.63) is 58.7 Å². The maximum atomic E-state index is 6.01. The normalized spacial score (nSPS) is 10.7. The molecule has 2 aromatic carbocycles. The van der Waals surface area contributed by atoms with Gasteiger partial charge in [0.1, 0.15) is 5.75 Å². The zero-order valence-electron chi connectivity index (χ0n) is 10.9. The van der Waals surface area contributed by atoms with Gasteiger partial charge < -0.3 is 10.5 Å². The summed E-state index contributed by atoms with van der Waals surface area (Å²) in [5, 5.41) is 0.910. The van der Waals surface area contributed by atoms with Gasteiger partial charge in [-0.15, -0.1) is 0 Å². The Labute approximate surface area is 125 Å². The lowest BCUT2D eigenvalue weighted by atomic mass is 10.2. The Morgan fingerprint density at radius 1 is 1.15 bits per heavy atom. The highest BCUT2D eigenvalue weighted by molar-refractivity contribution is 9.10. The van der Waals surface area contributed by atoms with Crippen LogP contribution < -0.4 is 10.5 Å². The van der Waals surface area contributed by atoms with E-state index in [-0.39, 0.29) is 0 Å². The Morgan fingerprint density at radius 2 is 1.95 bits per heavy atom. The largest absolute Gasteiger partial charge is 0.454 e. The summed E-state index contributed by atoms with van der Waals surface area (Å²) in [6.07, 6.45) is 1.63. The predicted octanol–water partition coefficient (Wildman–Crippen LogP) is 4.68. The van der Waals surface area contributed by atoms with Crippen molar-refractivity contribution in [2.24, 2.45) is 0 Å². The molecule has 3 rings (SSSR count). The molecule has 0 saturated heterocycles. The fourth-order valence-corrected chi connectivity index (χ4v) is 2.29. The van der Waals surface area contributed by atoms with E-state index in [1.807, 2.05) is 49.4 Å². The van der Waals surface area contributed by atoms with E-state index < -0.39 is 0 Å². The number of aryl methyl sites for hydroxylation is 1. The molecule has 0 amide bonds. The molecule has 0 unspecified atom stereocenters. The van der Waals surface area contributed by atoms with Gasteiger partial charge in [0.2, 0.25) is 0 Å². The van der Waals surface area contributed by atoms with Crippen LogP contribution in [0.25, 0.3) is 10.9 Å². The number of benzene rings is 2. The molecule has 0 saturated carbocycles. The van der Waals surface area contributed by atoms with Crippen molar-refractivity contribution in [3.8, 4) is 11.5 Å². The van der Waals surface area contributed by atoms with E-state index in [2.05, 4.69) is 20.9 Å². The van der Waals surface area contributed by atoms with E-state index in [4.69, 9.17) is 10.5 Å². The Balaban J connectivity index is 2.10. The van der Waals surface area contributed by atoms with E-state index in [1.165, 1.54) is 0 Å². The molecule has 1 aromatic heterocycles. The molecule has 100 valence electrons. The summed E-state index contributed by atoms with van der Waals surface area (Å²) in [6, 6.07) is 13.6. The average molecular weight is 329 g/mol. The minimum Gasteiger partial charge on any atom is -0.454 e. The summed E-state index contributed by atoms with van der Waals surface area (Å²) in [6.45, 7) is 2.02. The van der Waals surface area contributed by atoms with Crippen molar-refractivity contribution >= 4 is 32.5 Å². The van der Waals surface area contributed by atoms with Crippen LogP contribution in [-0.2, 0) is 0 Å². The van der Waals surface area contributed by atoms with Crippen LogP contribution in [0.4, 0.5) is 5.69 Å². The molecule has 0 bridgehead atoms. The van der Waals surface area contributed by atoms with E-state index in [9.17, 15) is 0 Å². The van der Waals surface area contributed by atoms with Gasteiger partial charge in [-0.25, -0.2) is 0 Å². The average Bonchev–Trinajstić information content (AvgIpc) is 2.46. The number of nitrogens with two attached hydrogens (primary N) is 1. The summed E-state index contributed by atoms with van der Waals surface area (Å²) in [5.74, 6) is 1.41. The first kappa shape index (κ1) is 12.9. The number of aromatic nitrogens is 1. The summed E-state index contributed by atoms with van der Waals surface area (Å²) in [7, 11) is 0. The van der Waals surface area contributed by atoms with Crippen molar-refractivity contribution in [1.82, 2.24) is 4.98 Å². The van der Waals surface area contributed by atoms with Gasteiger partial charge in [-0.1, -0.05) is 28.1 Å². The molecule has 3 nitrogen and oxygen atoms in total. The van der Waals surface area contributed by atoms with Crippen LogP contribution >= 0.6 is 15.9 Å². The lowest BCUT2D eigenvalue weighted by molar-refractivity contribution is 0.489. The van der Waals surface area contributed by atoms with Crippen molar-refractivity contribution in [3.63, 3.8) is 0 Å². The molecule has 0 aliphatic heterocycles. The van der Waals surface area contributed by atoms with E-state index in [1.54, 1.807) is 6.20 Å². The Morgan fingerprint density at radius 3 is 2.75 bits per heavy atom. The van der Waals surface area contributed by atoms with Crippen molar-refractivity contribution < 1.29 is 4.74 Å². The van der Waals surface area contributed by atoms with Gasteiger partial charge in [0, 0.05) is 9.86 Å². The SMILES string of the molecule is Cc1cc(Oc2c(N)cnc3ccccc23)ccc1Br. The minimum absolute atomic E-state index is 0.532. The molecule has 0 fully saturated rings. The maximum absolute atomic E-state index is 6.01. The molecule has 2 N–H and O–H groups in total. The number of rotatable bonds is 2. The van der Waals surface area contributed by atoms with Gasteiger partial charge in [0.05, 0.1) is 17.4 Å². The molecule has 4 heteroatoms. The zero-order chi connectivity index (χ0) is 14.1. The molecule has 0 aliphatic rings. The highest BCUT2D eigenvalue weighted by Gasteiger charge is 2.09. The zero-order valence-corrected chi connectivity index (χ0v) is 12.5. The number of nitrogens with zero attached hydrogens (tertiary/aromatic N) is 1. The number of para-hydroxylation sites is 1. The molecule has 0 radical (unpaired) electrons. The number of anilines is 1. The monoisotopic (exact) mass is 328 g/mol. The number of fused-ring (bicyclic) bond motifs is 1. The molecule has 1 heterocycles. The van der Waals surface area contributed by atoms with Crippen LogP contribution in [0.3, 0.4) is 0 Å². The summed E-state index contributed by atoms with van der Waals surface area (Å²) < 4.78 is 7.03. The van der Waals surface area contributed by atoms with E-state index in [0.717, 1.165) is 26.7 Å². The molecular weight excluding hydrogens is 316 g/mol. The van der Waals surface area contributed by atoms with Crippen molar-refractivity contribution in [2.45, 2.75) is 6.92 Å². The van der Waals surface area contributed by atoms with E-state index in [0.29, 0.717) is 11.4 Å². The number of ether oxygens (including phenoxy) is 1. The fraction of sp³-hybridized carbons (Fsp3) is 0.0625. The summed E-state index contributed by atoms with van der Waals surface area (Å²) >= 11 is 3.48. The number of hydrogen-bond acceptors (Lipinski definition) is 3. The van der Waals surface area contributed by atoms with Crippen LogP contribution in [0, 0.1) is 6.92 Å². The molecule has 3 aromatic rings. The second kappa shape index (κ2) is 5.13. The van der Waals surface area contributed by atoms with Crippen LogP contribution in [-0.4, -0.2) is 4.98 Å². The van der Waals surface area contributed by atoms with Crippen molar-refractivity contribution in [1.29, 1.82) is 0 Å². The quantitative estimate of drug-likeness (QED) is 0.742. The van der Waals surface area contributed by atoms with Gasteiger partial charge >= 0.3 is 0 Å². The minimum atomic E-state index is 0.532. The predicted molar refractivity (Wildman–Crippen MR) is 85.1 cm³/mol. The Bertz CT molecular complexity index is 787. The van der Waals surface area contributed by atoms with Crippen LogP contribution in [0.15, 0.2) is 53.1 Å². The van der Waals surface area contributed by atoms with Crippen LogP contribution in [0.2, 0.25) is 0 Å². The first-order valence-corrected chi connectivity index (χ1v) is 7.01.